The average molecular weight is 265 g/mol. The molecule has 0 radical (unpaired) electrons. The Balaban J connectivity index is 2.21. The highest BCUT2D eigenvalue weighted by molar-refractivity contribution is 5.95. The molecule has 7 nitrogen and oxygen atoms in total. The molecule has 2 atom stereocenters. The number of amidine groups is 1. The number of oxime groups is 1. The molecule has 4 N–H and O–H groups in total. The fourth-order valence-electron chi connectivity index (χ4n) is 2.40. The Morgan fingerprint density at radius 1 is 1.47 bits per heavy atom. The van der Waals surface area contributed by atoms with Crippen molar-refractivity contribution in [3.8, 4) is 0 Å². The van der Waals surface area contributed by atoms with E-state index >= 15 is 0 Å². The van der Waals surface area contributed by atoms with Crippen molar-refractivity contribution in [1.29, 1.82) is 0 Å². The number of hydrogen-bond donors (Lipinski definition) is 3. The zero-order valence-corrected chi connectivity index (χ0v) is 10.9. The molecule has 1 aromatic rings. The largest absolute Gasteiger partial charge is 0.409 e. The molecule has 1 aromatic heterocycles. The Hall–Kier alpha value is -1.89. The van der Waals surface area contributed by atoms with Crippen LogP contribution in [0.1, 0.15) is 31.4 Å². The highest BCUT2D eigenvalue weighted by Crippen LogP contribution is 2.24. The average Bonchev–Trinajstić information content (AvgIpc) is 2.46. The zero-order valence-electron chi connectivity index (χ0n) is 10.9. The van der Waals surface area contributed by atoms with Gasteiger partial charge in [-0.15, -0.1) is 0 Å². The summed E-state index contributed by atoms with van der Waals surface area (Å²) in [5.74, 6) is 0.413. The Morgan fingerprint density at radius 2 is 2.21 bits per heavy atom. The van der Waals surface area contributed by atoms with Gasteiger partial charge in [0.2, 0.25) is 5.95 Å². The number of hydrogen-bond acceptors (Lipinski definition) is 6. The molecule has 1 fully saturated rings. The van der Waals surface area contributed by atoms with Crippen LogP contribution in [-0.2, 0) is 0 Å². The van der Waals surface area contributed by atoms with Crippen molar-refractivity contribution in [3.63, 3.8) is 0 Å². The van der Waals surface area contributed by atoms with Crippen LogP contribution in [0.25, 0.3) is 0 Å². The van der Waals surface area contributed by atoms with Crippen LogP contribution in [0.15, 0.2) is 17.4 Å². The number of likely N-dealkylation sites (N-methyl/N-ethyl adjacent to an activating group) is 1. The Morgan fingerprint density at radius 3 is 2.89 bits per heavy atom. The topological polar surface area (TPSA) is 108 Å². The molecule has 1 aliphatic carbocycles. The minimum Gasteiger partial charge on any atom is -0.409 e. The van der Waals surface area contributed by atoms with Gasteiger partial charge in [0.1, 0.15) is 5.69 Å². The van der Waals surface area contributed by atoms with Gasteiger partial charge in [-0.1, -0.05) is 18.0 Å². The van der Waals surface area contributed by atoms with Crippen molar-refractivity contribution < 1.29 is 10.3 Å². The predicted molar refractivity (Wildman–Crippen MR) is 71.2 cm³/mol. The van der Waals surface area contributed by atoms with E-state index in [2.05, 4.69) is 15.1 Å². The third-order valence-corrected chi connectivity index (χ3v) is 3.52. The molecule has 0 saturated heterocycles. The summed E-state index contributed by atoms with van der Waals surface area (Å²) in [7, 11) is 1.85. The first-order chi connectivity index (χ1) is 9.13. The molecule has 1 heterocycles. The van der Waals surface area contributed by atoms with Gasteiger partial charge >= 0.3 is 0 Å². The maximum Gasteiger partial charge on any atom is 0.226 e. The second-order valence-electron chi connectivity index (χ2n) is 4.76. The molecule has 104 valence electrons. The van der Waals surface area contributed by atoms with E-state index in [1.54, 1.807) is 12.3 Å². The van der Waals surface area contributed by atoms with E-state index in [1.807, 2.05) is 11.9 Å². The maximum atomic E-state index is 10.0. The lowest BCUT2D eigenvalue weighted by molar-refractivity contribution is 0.105. The molecule has 2 rings (SSSR count). The Bertz CT molecular complexity index is 465. The molecule has 19 heavy (non-hydrogen) atoms. The molecule has 0 aliphatic heterocycles. The number of anilines is 1. The number of aliphatic hydroxyl groups excluding tert-OH is 1. The lowest BCUT2D eigenvalue weighted by Gasteiger charge is -2.35. The number of aliphatic hydroxyl groups is 1. The van der Waals surface area contributed by atoms with Crippen LogP contribution in [0.4, 0.5) is 5.95 Å². The molecule has 1 saturated carbocycles. The lowest BCUT2D eigenvalue weighted by atomic mass is 9.92. The zero-order chi connectivity index (χ0) is 13.8. The molecule has 0 spiro atoms. The summed E-state index contributed by atoms with van der Waals surface area (Å²) in [6.45, 7) is 0. The van der Waals surface area contributed by atoms with E-state index < -0.39 is 0 Å². The number of rotatable bonds is 3. The minimum absolute atomic E-state index is 0.0105. The molecule has 1 aliphatic rings. The van der Waals surface area contributed by atoms with Crippen LogP contribution in [0.3, 0.4) is 0 Å². The quantitative estimate of drug-likeness (QED) is 0.314. The summed E-state index contributed by atoms with van der Waals surface area (Å²) >= 11 is 0. The normalized spacial score (nSPS) is 24.2. The van der Waals surface area contributed by atoms with Gasteiger partial charge in [0.05, 0.1) is 12.1 Å². The third kappa shape index (κ3) is 2.93. The second kappa shape index (κ2) is 5.83. The molecule has 0 amide bonds. The van der Waals surface area contributed by atoms with Crippen LogP contribution in [0.5, 0.6) is 0 Å². The Kier molecular flexibility index (Phi) is 4.16. The van der Waals surface area contributed by atoms with Crippen molar-refractivity contribution in [2.75, 3.05) is 11.9 Å². The third-order valence-electron chi connectivity index (χ3n) is 3.52. The fraction of sp³-hybridized carbons (Fsp3) is 0.583. The summed E-state index contributed by atoms with van der Waals surface area (Å²) in [6.07, 6.45) is 5.04. The summed E-state index contributed by atoms with van der Waals surface area (Å²) in [5.41, 5.74) is 5.88. The van der Waals surface area contributed by atoms with Gasteiger partial charge in [-0.25, -0.2) is 9.97 Å². The summed E-state index contributed by atoms with van der Waals surface area (Å²) in [4.78, 5) is 10.3. The standard InChI is InChI=1S/C12H19N5O2/c1-17(9-4-2-3-5-10(9)18)12-14-7-6-8(15-12)11(13)16-19/h6-7,9-10,18-19H,2-5H2,1H3,(H2,13,16). The molecule has 0 aromatic carbocycles. The fourth-order valence-corrected chi connectivity index (χ4v) is 2.40. The van der Waals surface area contributed by atoms with Gasteiger partial charge in [0.25, 0.3) is 0 Å². The van der Waals surface area contributed by atoms with Crippen molar-refractivity contribution in [2.45, 2.75) is 37.8 Å². The maximum absolute atomic E-state index is 10.0. The Labute approximate surface area is 111 Å². The minimum atomic E-state index is -0.366. The van der Waals surface area contributed by atoms with Crippen LogP contribution in [0, 0.1) is 0 Å². The first-order valence-corrected chi connectivity index (χ1v) is 6.35. The van der Waals surface area contributed by atoms with Crippen LogP contribution in [0.2, 0.25) is 0 Å². The van der Waals surface area contributed by atoms with Gasteiger partial charge in [-0.05, 0) is 18.9 Å². The monoisotopic (exact) mass is 265 g/mol. The van der Waals surface area contributed by atoms with Crippen LogP contribution in [-0.4, -0.2) is 45.3 Å². The molecule has 0 bridgehead atoms. The van der Waals surface area contributed by atoms with Gasteiger partial charge in [0.15, 0.2) is 5.84 Å². The molecule has 2 unspecified atom stereocenters. The molecule has 7 heteroatoms. The first-order valence-electron chi connectivity index (χ1n) is 6.35. The van der Waals surface area contributed by atoms with E-state index in [4.69, 9.17) is 10.9 Å². The van der Waals surface area contributed by atoms with E-state index in [9.17, 15) is 5.11 Å². The van der Waals surface area contributed by atoms with Crippen LogP contribution >= 0.6 is 0 Å². The second-order valence-corrected chi connectivity index (χ2v) is 4.76. The van der Waals surface area contributed by atoms with E-state index in [-0.39, 0.29) is 18.0 Å². The van der Waals surface area contributed by atoms with Gasteiger partial charge in [-0.2, -0.15) is 0 Å². The van der Waals surface area contributed by atoms with E-state index in [1.165, 1.54) is 0 Å². The summed E-state index contributed by atoms with van der Waals surface area (Å²) < 4.78 is 0. The number of nitrogens with two attached hydrogens (primary N) is 1. The SMILES string of the molecule is CN(c1nccc(/C(N)=N/O)n1)C1CCCCC1O. The highest BCUT2D eigenvalue weighted by atomic mass is 16.4. The van der Waals surface area contributed by atoms with Crippen LogP contribution < -0.4 is 10.6 Å². The number of nitrogens with zero attached hydrogens (tertiary/aromatic N) is 4. The summed E-state index contributed by atoms with van der Waals surface area (Å²) in [5, 5.41) is 21.6. The van der Waals surface area contributed by atoms with Crippen molar-refractivity contribution in [1.82, 2.24) is 9.97 Å². The lowest BCUT2D eigenvalue weighted by Crippen LogP contribution is -2.44. The van der Waals surface area contributed by atoms with Gasteiger partial charge < -0.3 is 20.9 Å². The smallest absolute Gasteiger partial charge is 0.226 e. The van der Waals surface area contributed by atoms with E-state index in [0.717, 1.165) is 25.7 Å². The van der Waals surface area contributed by atoms with Gasteiger partial charge in [-0.3, -0.25) is 0 Å². The van der Waals surface area contributed by atoms with Gasteiger partial charge in [0, 0.05) is 13.2 Å². The van der Waals surface area contributed by atoms with Crippen molar-refractivity contribution >= 4 is 11.8 Å². The van der Waals surface area contributed by atoms with E-state index in [0.29, 0.717) is 11.6 Å². The highest BCUT2D eigenvalue weighted by Gasteiger charge is 2.28. The first kappa shape index (κ1) is 13.5. The van der Waals surface area contributed by atoms with Crippen molar-refractivity contribution in [3.05, 3.63) is 18.0 Å². The number of aromatic nitrogens is 2. The van der Waals surface area contributed by atoms with Crippen molar-refractivity contribution in [2.24, 2.45) is 10.9 Å². The molecular weight excluding hydrogens is 246 g/mol. The predicted octanol–water partition coefficient (Wildman–Crippen LogP) is 0.311. The molecular formula is C12H19N5O2. The summed E-state index contributed by atoms with van der Waals surface area (Å²) in [6, 6.07) is 1.58.